The summed E-state index contributed by atoms with van der Waals surface area (Å²) in [6.45, 7) is 0.845. The first-order valence-electron chi connectivity index (χ1n) is 2.97. The van der Waals surface area contributed by atoms with E-state index >= 15 is 0 Å². The molecule has 54 valence electrons. The minimum Gasteiger partial charge on any atom is -0.212 e. The largest absolute Gasteiger partial charge is 0.215 e. The monoisotopic (exact) mass is 158 g/mol. The number of fused-ring (bicyclic) bond motifs is 1. The van der Waals surface area contributed by atoms with Crippen LogP contribution in [0.2, 0.25) is 0 Å². The van der Waals surface area contributed by atoms with E-state index in [4.69, 9.17) is 5.26 Å². The molecule has 3 fully saturated rings. The summed E-state index contributed by atoms with van der Waals surface area (Å²) in [4.78, 5) is 0. The molecule has 0 aliphatic carbocycles. The van der Waals surface area contributed by atoms with E-state index < -0.39 is 15.4 Å². The third-order valence-corrected chi connectivity index (χ3v) is 4.01. The maximum Gasteiger partial charge on any atom is 0.215 e. The molecule has 0 spiro atoms. The molecule has 0 unspecified atom stereocenters. The van der Waals surface area contributed by atoms with Gasteiger partial charge in [0, 0.05) is 13.1 Å². The van der Waals surface area contributed by atoms with E-state index in [1.807, 2.05) is 6.07 Å². The zero-order valence-electron chi connectivity index (χ0n) is 5.24. The van der Waals surface area contributed by atoms with Gasteiger partial charge in [-0.1, -0.05) is 0 Å². The molecule has 0 aromatic rings. The highest BCUT2D eigenvalue weighted by Gasteiger charge is 2.59. The molecule has 4 nitrogen and oxygen atoms in total. The van der Waals surface area contributed by atoms with Gasteiger partial charge in [0.25, 0.3) is 0 Å². The van der Waals surface area contributed by atoms with Crippen molar-refractivity contribution >= 4 is 10.0 Å². The summed E-state index contributed by atoms with van der Waals surface area (Å²) >= 11 is 0. The molecule has 3 aliphatic heterocycles. The molecule has 0 aromatic carbocycles. The van der Waals surface area contributed by atoms with Gasteiger partial charge in [-0.15, -0.1) is 0 Å². The van der Waals surface area contributed by atoms with Gasteiger partial charge in [0.15, 0.2) is 0 Å². The van der Waals surface area contributed by atoms with Gasteiger partial charge >= 0.3 is 0 Å². The maximum absolute atomic E-state index is 10.9. The van der Waals surface area contributed by atoms with Gasteiger partial charge in [-0.05, 0) is 0 Å². The van der Waals surface area contributed by atoms with Crippen LogP contribution >= 0.6 is 0 Å². The Bertz CT molecular complexity index is 307. The van der Waals surface area contributed by atoms with Gasteiger partial charge in [0.05, 0.1) is 11.8 Å². The Labute approximate surface area is 59.1 Å². The third-order valence-electron chi connectivity index (χ3n) is 2.05. The van der Waals surface area contributed by atoms with E-state index in [1.54, 1.807) is 0 Å². The Morgan fingerprint density at radius 2 is 2.10 bits per heavy atom. The molecule has 10 heavy (non-hydrogen) atoms. The molecule has 2 bridgehead atoms. The molecule has 3 rings (SSSR count). The van der Waals surface area contributed by atoms with Crippen molar-refractivity contribution in [2.75, 3.05) is 18.8 Å². The van der Waals surface area contributed by atoms with Crippen molar-refractivity contribution in [3.8, 4) is 6.07 Å². The fraction of sp³-hybridized carbons (Fsp3) is 0.800. The second-order valence-electron chi connectivity index (χ2n) is 2.92. The highest BCUT2D eigenvalue weighted by Crippen LogP contribution is 2.41. The van der Waals surface area contributed by atoms with E-state index in [0.29, 0.717) is 13.1 Å². The van der Waals surface area contributed by atoms with E-state index in [2.05, 4.69) is 0 Å². The van der Waals surface area contributed by atoms with E-state index in [9.17, 15) is 8.42 Å². The molecule has 3 heterocycles. The van der Waals surface area contributed by atoms with Crippen LogP contribution in [0.1, 0.15) is 0 Å². The first-order valence-corrected chi connectivity index (χ1v) is 4.58. The number of hydrogen-bond acceptors (Lipinski definition) is 3. The standard InChI is InChI=1S/C5H6N2O2S/c6-1-5-2-7(3-5)10(8,9)4-5/h2-4H2. The van der Waals surface area contributed by atoms with Crippen molar-refractivity contribution in [3.63, 3.8) is 0 Å². The second-order valence-corrected chi connectivity index (χ2v) is 4.89. The number of nitrogens with zero attached hydrogens (tertiary/aromatic N) is 2. The predicted molar refractivity (Wildman–Crippen MR) is 33.4 cm³/mol. The molecule has 5 heteroatoms. The molecule has 3 saturated heterocycles. The quantitative estimate of drug-likeness (QED) is 0.461. The highest BCUT2D eigenvalue weighted by atomic mass is 32.2. The van der Waals surface area contributed by atoms with Crippen LogP contribution in [0.3, 0.4) is 0 Å². The first kappa shape index (κ1) is 6.13. The average molecular weight is 158 g/mol. The minimum atomic E-state index is -3.01. The maximum atomic E-state index is 10.9. The van der Waals surface area contributed by atoms with Crippen LogP contribution in [-0.4, -0.2) is 31.6 Å². The molecule has 0 atom stereocenters. The summed E-state index contributed by atoms with van der Waals surface area (Å²) in [7, 11) is -3.01. The van der Waals surface area contributed by atoms with Crippen LogP contribution in [0.15, 0.2) is 0 Å². The Balaban J connectivity index is 2.43. The van der Waals surface area contributed by atoms with Gasteiger partial charge < -0.3 is 0 Å². The topological polar surface area (TPSA) is 61.2 Å². The van der Waals surface area contributed by atoms with E-state index in [-0.39, 0.29) is 5.75 Å². The van der Waals surface area contributed by atoms with Gasteiger partial charge in [0.2, 0.25) is 10.0 Å². The summed E-state index contributed by atoms with van der Waals surface area (Å²) in [6.07, 6.45) is 0. The molecule has 0 amide bonds. The lowest BCUT2D eigenvalue weighted by molar-refractivity contribution is 0.196. The zero-order chi connectivity index (χ0) is 7.41. The minimum absolute atomic E-state index is 0.0382. The number of nitriles is 1. The Hall–Kier alpha value is -0.600. The van der Waals surface area contributed by atoms with Crippen molar-refractivity contribution in [1.82, 2.24) is 4.31 Å². The van der Waals surface area contributed by atoms with Crippen LogP contribution in [0.5, 0.6) is 0 Å². The third kappa shape index (κ3) is 0.509. The highest BCUT2D eigenvalue weighted by molar-refractivity contribution is 7.89. The zero-order valence-corrected chi connectivity index (χ0v) is 6.06. The lowest BCUT2D eigenvalue weighted by Gasteiger charge is -2.30. The summed E-state index contributed by atoms with van der Waals surface area (Å²) in [5.41, 5.74) is -0.543. The summed E-state index contributed by atoms with van der Waals surface area (Å²) < 4.78 is 23.2. The van der Waals surface area contributed by atoms with Gasteiger partial charge in [0.1, 0.15) is 5.41 Å². The van der Waals surface area contributed by atoms with Crippen molar-refractivity contribution in [3.05, 3.63) is 0 Å². The Morgan fingerprint density at radius 3 is 2.30 bits per heavy atom. The normalized spacial score (nSPS) is 47.7. The average Bonchev–Trinajstić information content (AvgIpc) is 2.12. The van der Waals surface area contributed by atoms with Crippen molar-refractivity contribution in [2.45, 2.75) is 0 Å². The van der Waals surface area contributed by atoms with Crippen LogP contribution in [0.25, 0.3) is 0 Å². The van der Waals surface area contributed by atoms with Gasteiger partial charge in [-0.25, -0.2) is 8.42 Å². The SMILES string of the molecule is N#CC12CN(C1)S(=O)(=O)C2. The van der Waals surface area contributed by atoms with Crippen LogP contribution in [0, 0.1) is 16.7 Å². The van der Waals surface area contributed by atoms with E-state index in [1.165, 1.54) is 4.31 Å². The van der Waals surface area contributed by atoms with Crippen LogP contribution in [0.4, 0.5) is 0 Å². The molecule has 0 saturated carbocycles. The predicted octanol–water partition coefficient (Wildman–Crippen LogP) is -0.845. The Morgan fingerprint density at radius 1 is 1.50 bits per heavy atom. The van der Waals surface area contributed by atoms with Gasteiger partial charge in [-0.2, -0.15) is 9.57 Å². The van der Waals surface area contributed by atoms with Crippen molar-refractivity contribution in [2.24, 2.45) is 5.41 Å². The number of rotatable bonds is 0. The lowest BCUT2D eigenvalue weighted by atomic mass is 9.86. The first-order chi connectivity index (χ1) is 4.58. The summed E-state index contributed by atoms with van der Waals surface area (Å²) in [6, 6.07) is 2.04. The summed E-state index contributed by atoms with van der Waals surface area (Å²) in [5, 5.41) is 8.55. The lowest BCUT2D eigenvalue weighted by Crippen LogP contribution is -2.46. The number of hydrogen-bond donors (Lipinski definition) is 0. The molecule has 0 aromatic heterocycles. The fourth-order valence-corrected chi connectivity index (χ4v) is 3.48. The van der Waals surface area contributed by atoms with E-state index in [0.717, 1.165) is 0 Å². The molecular weight excluding hydrogens is 152 g/mol. The Kier molecular flexibility index (Phi) is 0.833. The fourth-order valence-electron chi connectivity index (χ4n) is 1.46. The van der Waals surface area contributed by atoms with Crippen LogP contribution < -0.4 is 0 Å². The smallest absolute Gasteiger partial charge is 0.212 e. The van der Waals surface area contributed by atoms with Crippen molar-refractivity contribution in [1.29, 1.82) is 5.26 Å². The molecular formula is C5H6N2O2S. The second kappa shape index (κ2) is 1.36. The van der Waals surface area contributed by atoms with Gasteiger partial charge in [-0.3, -0.25) is 0 Å². The molecule has 3 aliphatic rings. The van der Waals surface area contributed by atoms with Crippen molar-refractivity contribution < 1.29 is 8.42 Å². The van der Waals surface area contributed by atoms with Crippen LogP contribution in [-0.2, 0) is 10.0 Å². The summed E-state index contributed by atoms with van der Waals surface area (Å²) in [5.74, 6) is 0.0382. The number of sulfonamides is 1. The molecule has 0 N–H and O–H groups in total. The molecule has 0 radical (unpaired) electrons.